The van der Waals surface area contributed by atoms with Crippen LogP contribution in [0.5, 0.6) is 0 Å². The predicted molar refractivity (Wildman–Crippen MR) is 89.6 cm³/mol. The van der Waals surface area contributed by atoms with Crippen molar-refractivity contribution in [2.24, 2.45) is 5.92 Å². The molecule has 1 saturated heterocycles. The molecular formula is C19H26N2O2. The summed E-state index contributed by atoms with van der Waals surface area (Å²) in [6.45, 7) is 3.94. The lowest BCUT2D eigenvalue weighted by molar-refractivity contribution is -0.136. The topological polar surface area (TPSA) is 40.6 Å². The van der Waals surface area contributed by atoms with Crippen LogP contribution >= 0.6 is 0 Å². The number of carbonyl (C=O) groups excluding carboxylic acids is 2. The third kappa shape index (κ3) is 3.57. The van der Waals surface area contributed by atoms with Crippen LogP contribution in [-0.2, 0) is 16.1 Å². The van der Waals surface area contributed by atoms with Gasteiger partial charge in [-0.15, -0.1) is 0 Å². The number of benzene rings is 1. The molecule has 1 aliphatic heterocycles. The van der Waals surface area contributed by atoms with E-state index in [1.165, 1.54) is 12.8 Å². The first-order valence-electron chi connectivity index (χ1n) is 8.81. The number of nitrogens with zero attached hydrogens (tertiary/aromatic N) is 2. The molecule has 2 fully saturated rings. The second kappa shape index (κ2) is 7.16. The Hall–Kier alpha value is -1.84. The van der Waals surface area contributed by atoms with Gasteiger partial charge in [0, 0.05) is 32.1 Å². The van der Waals surface area contributed by atoms with E-state index in [9.17, 15) is 9.59 Å². The molecule has 1 saturated carbocycles. The summed E-state index contributed by atoms with van der Waals surface area (Å²) in [6, 6.07) is 10.4. The first-order chi connectivity index (χ1) is 11.2. The van der Waals surface area contributed by atoms with E-state index < -0.39 is 0 Å². The van der Waals surface area contributed by atoms with Crippen LogP contribution in [0.2, 0.25) is 0 Å². The Morgan fingerprint density at radius 2 is 1.91 bits per heavy atom. The molecule has 3 rings (SSSR count). The molecule has 1 atom stereocenters. The van der Waals surface area contributed by atoms with Crippen LogP contribution in [0.4, 0.5) is 0 Å². The van der Waals surface area contributed by atoms with Gasteiger partial charge in [-0.3, -0.25) is 9.59 Å². The van der Waals surface area contributed by atoms with Crippen molar-refractivity contribution in [2.45, 2.75) is 51.6 Å². The van der Waals surface area contributed by atoms with E-state index in [2.05, 4.69) is 0 Å². The van der Waals surface area contributed by atoms with Gasteiger partial charge in [-0.05, 0) is 25.3 Å². The normalized spacial score (nSPS) is 21.9. The van der Waals surface area contributed by atoms with Crippen LogP contribution in [0.15, 0.2) is 30.3 Å². The molecule has 4 nitrogen and oxygen atoms in total. The molecule has 2 amide bonds. The smallest absolute Gasteiger partial charge is 0.228 e. The molecule has 1 heterocycles. The Kier molecular flexibility index (Phi) is 4.99. The Morgan fingerprint density at radius 3 is 2.57 bits per heavy atom. The number of likely N-dealkylation sites (tertiary alicyclic amines) is 1. The Bertz CT molecular complexity index is 552. The largest absolute Gasteiger partial charge is 0.339 e. The lowest BCUT2D eigenvalue weighted by Gasteiger charge is -2.26. The van der Waals surface area contributed by atoms with E-state index in [4.69, 9.17) is 0 Å². The van der Waals surface area contributed by atoms with Crippen LogP contribution in [0.25, 0.3) is 0 Å². The number of hydrogen-bond donors (Lipinski definition) is 0. The summed E-state index contributed by atoms with van der Waals surface area (Å²) in [4.78, 5) is 29.0. The zero-order chi connectivity index (χ0) is 16.2. The zero-order valence-electron chi connectivity index (χ0n) is 13.9. The minimum absolute atomic E-state index is 0.130. The highest BCUT2D eigenvalue weighted by Gasteiger charge is 2.39. The van der Waals surface area contributed by atoms with Crippen LogP contribution in [-0.4, -0.2) is 40.7 Å². The second-order valence-corrected chi connectivity index (χ2v) is 6.72. The molecule has 0 radical (unpaired) electrons. The number of carbonyl (C=O) groups is 2. The van der Waals surface area contributed by atoms with Gasteiger partial charge < -0.3 is 9.80 Å². The summed E-state index contributed by atoms with van der Waals surface area (Å²) >= 11 is 0. The molecule has 23 heavy (non-hydrogen) atoms. The molecule has 0 aromatic heterocycles. The first kappa shape index (κ1) is 16.0. The minimum Gasteiger partial charge on any atom is -0.339 e. The molecule has 0 bridgehead atoms. The Morgan fingerprint density at radius 1 is 1.22 bits per heavy atom. The van der Waals surface area contributed by atoms with Gasteiger partial charge in [0.2, 0.25) is 11.8 Å². The Balaban J connectivity index is 1.63. The quantitative estimate of drug-likeness (QED) is 0.838. The average Bonchev–Trinajstić information content (AvgIpc) is 3.22. The third-order valence-electron chi connectivity index (χ3n) is 5.18. The predicted octanol–water partition coefficient (Wildman–Crippen LogP) is 2.83. The minimum atomic E-state index is -0.160. The van der Waals surface area contributed by atoms with Crippen molar-refractivity contribution in [1.82, 2.24) is 9.80 Å². The lowest BCUT2D eigenvalue weighted by Crippen LogP contribution is -2.38. The van der Waals surface area contributed by atoms with Gasteiger partial charge in [0.05, 0.1) is 5.92 Å². The van der Waals surface area contributed by atoms with Crippen molar-refractivity contribution in [3.8, 4) is 0 Å². The summed E-state index contributed by atoms with van der Waals surface area (Å²) in [5, 5.41) is 0. The molecule has 0 N–H and O–H groups in total. The second-order valence-electron chi connectivity index (χ2n) is 6.72. The molecule has 1 aromatic rings. The molecule has 1 aliphatic carbocycles. The number of rotatable bonds is 5. The average molecular weight is 314 g/mol. The highest BCUT2D eigenvalue weighted by molar-refractivity contribution is 5.89. The van der Waals surface area contributed by atoms with Gasteiger partial charge in [-0.2, -0.15) is 0 Å². The summed E-state index contributed by atoms with van der Waals surface area (Å²) in [5.74, 6) is 0.142. The highest BCUT2D eigenvalue weighted by Crippen LogP contribution is 2.30. The number of amides is 2. The number of hydrogen-bond acceptors (Lipinski definition) is 2. The molecule has 0 spiro atoms. The first-order valence-corrected chi connectivity index (χ1v) is 8.81. The molecule has 124 valence electrons. The van der Waals surface area contributed by atoms with E-state index >= 15 is 0 Å². The fraction of sp³-hybridized carbons (Fsp3) is 0.579. The van der Waals surface area contributed by atoms with Crippen LogP contribution < -0.4 is 0 Å². The molecular weight excluding hydrogens is 288 g/mol. The van der Waals surface area contributed by atoms with E-state index in [0.29, 0.717) is 32.1 Å². The summed E-state index contributed by atoms with van der Waals surface area (Å²) < 4.78 is 0. The van der Waals surface area contributed by atoms with Crippen LogP contribution in [0, 0.1) is 5.92 Å². The van der Waals surface area contributed by atoms with Crippen LogP contribution in [0.3, 0.4) is 0 Å². The Labute approximate surface area is 138 Å². The molecule has 4 heteroatoms. The van der Waals surface area contributed by atoms with Gasteiger partial charge in [-0.25, -0.2) is 0 Å². The SMILES string of the molecule is CCN(Cc1ccccc1)C(=O)C1CC(=O)N(C2CCCC2)C1. The standard InChI is InChI=1S/C19H26N2O2/c1-2-20(13-15-8-4-3-5-9-15)19(23)16-12-18(22)21(14-16)17-10-6-7-11-17/h3-5,8-9,16-17H,2,6-7,10-14H2,1H3. The van der Waals surface area contributed by atoms with Gasteiger partial charge in [0.25, 0.3) is 0 Å². The van der Waals surface area contributed by atoms with E-state index in [1.807, 2.05) is 47.1 Å². The van der Waals surface area contributed by atoms with Crippen molar-refractivity contribution < 1.29 is 9.59 Å². The fourth-order valence-corrected chi connectivity index (χ4v) is 3.87. The van der Waals surface area contributed by atoms with Crippen LogP contribution in [0.1, 0.15) is 44.6 Å². The zero-order valence-corrected chi connectivity index (χ0v) is 13.9. The van der Waals surface area contributed by atoms with E-state index in [1.54, 1.807) is 0 Å². The van der Waals surface area contributed by atoms with Crippen molar-refractivity contribution >= 4 is 11.8 Å². The molecule has 1 unspecified atom stereocenters. The maximum Gasteiger partial charge on any atom is 0.228 e. The van der Waals surface area contributed by atoms with Gasteiger partial charge in [0.15, 0.2) is 0 Å². The molecule has 2 aliphatic rings. The summed E-state index contributed by atoms with van der Waals surface area (Å²) in [5.41, 5.74) is 1.14. The van der Waals surface area contributed by atoms with Gasteiger partial charge in [0.1, 0.15) is 0 Å². The van der Waals surface area contributed by atoms with Gasteiger partial charge in [-0.1, -0.05) is 43.2 Å². The van der Waals surface area contributed by atoms with E-state index in [0.717, 1.165) is 18.4 Å². The van der Waals surface area contributed by atoms with Crippen molar-refractivity contribution in [3.63, 3.8) is 0 Å². The third-order valence-corrected chi connectivity index (χ3v) is 5.18. The lowest BCUT2D eigenvalue weighted by atomic mass is 10.1. The van der Waals surface area contributed by atoms with Gasteiger partial charge >= 0.3 is 0 Å². The monoisotopic (exact) mass is 314 g/mol. The molecule has 1 aromatic carbocycles. The highest BCUT2D eigenvalue weighted by atomic mass is 16.2. The summed E-state index contributed by atoms with van der Waals surface area (Å²) in [6.07, 6.45) is 5.02. The maximum absolute atomic E-state index is 12.8. The van der Waals surface area contributed by atoms with E-state index in [-0.39, 0.29) is 17.7 Å². The maximum atomic E-state index is 12.8. The van der Waals surface area contributed by atoms with Crippen molar-refractivity contribution in [1.29, 1.82) is 0 Å². The fourth-order valence-electron chi connectivity index (χ4n) is 3.87. The van der Waals surface area contributed by atoms with Crippen molar-refractivity contribution in [2.75, 3.05) is 13.1 Å². The summed E-state index contributed by atoms with van der Waals surface area (Å²) in [7, 11) is 0. The van der Waals surface area contributed by atoms with Crippen molar-refractivity contribution in [3.05, 3.63) is 35.9 Å².